The fraction of sp³-hybridized carbons (Fsp3) is 0.500. The van der Waals surface area contributed by atoms with Crippen molar-refractivity contribution in [3.63, 3.8) is 0 Å². The second-order valence-electron chi connectivity index (χ2n) is 1.69. The zero-order valence-corrected chi connectivity index (χ0v) is 7.04. The van der Waals surface area contributed by atoms with Crippen LogP contribution in [0.1, 0.15) is 0 Å². The lowest BCUT2D eigenvalue weighted by Crippen LogP contribution is -2.05. The van der Waals surface area contributed by atoms with Crippen molar-refractivity contribution in [3.05, 3.63) is 21.8 Å². The van der Waals surface area contributed by atoms with Crippen molar-refractivity contribution in [2.75, 3.05) is 13.2 Å². The maximum Gasteiger partial charge on any atom is 0.260 e. The lowest BCUT2D eigenvalue weighted by Gasteiger charge is -1.76. The Hall–Kier alpha value is -0.650. The molecule has 0 saturated heterocycles. The second-order valence-corrected chi connectivity index (χ2v) is 2.72. The first-order valence-electron chi connectivity index (χ1n) is 3.05. The van der Waals surface area contributed by atoms with E-state index in [1.165, 1.54) is 11.5 Å². The number of aliphatic hydroxyl groups excluding tert-OH is 2. The van der Waals surface area contributed by atoms with Gasteiger partial charge in [0.2, 0.25) is 0 Å². The highest BCUT2D eigenvalue weighted by Gasteiger charge is 1.82. The van der Waals surface area contributed by atoms with Crippen molar-refractivity contribution in [1.82, 2.24) is 3.96 Å². The van der Waals surface area contributed by atoms with E-state index in [0.29, 0.717) is 0 Å². The second kappa shape index (κ2) is 6.09. The van der Waals surface area contributed by atoms with Crippen molar-refractivity contribution in [2.45, 2.75) is 0 Å². The van der Waals surface area contributed by atoms with E-state index in [4.69, 9.17) is 10.2 Å². The van der Waals surface area contributed by atoms with Gasteiger partial charge < -0.3 is 10.2 Å². The summed E-state index contributed by atoms with van der Waals surface area (Å²) in [6, 6.07) is 1.55. The minimum Gasteiger partial charge on any atom is -0.394 e. The van der Waals surface area contributed by atoms with Gasteiger partial charge in [0.15, 0.2) is 0 Å². The van der Waals surface area contributed by atoms with Crippen molar-refractivity contribution in [2.24, 2.45) is 7.05 Å². The Morgan fingerprint density at radius 2 is 2.09 bits per heavy atom. The lowest BCUT2D eigenvalue weighted by molar-refractivity contribution is 0.186. The molecular formula is C6H11NO3S. The van der Waals surface area contributed by atoms with E-state index in [0.717, 1.165) is 0 Å². The van der Waals surface area contributed by atoms with Crippen LogP contribution in [0.4, 0.5) is 0 Å². The molecule has 64 valence electrons. The van der Waals surface area contributed by atoms with Crippen molar-refractivity contribution in [1.29, 1.82) is 0 Å². The summed E-state index contributed by atoms with van der Waals surface area (Å²) in [5, 5.41) is 17.0. The van der Waals surface area contributed by atoms with Gasteiger partial charge in [0.25, 0.3) is 5.56 Å². The van der Waals surface area contributed by atoms with Gasteiger partial charge in [0.05, 0.1) is 13.2 Å². The maximum absolute atomic E-state index is 10.4. The van der Waals surface area contributed by atoms with Gasteiger partial charge in [-0.1, -0.05) is 11.5 Å². The predicted molar refractivity (Wildman–Crippen MR) is 43.7 cm³/mol. The monoisotopic (exact) mass is 177 g/mol. The van der Waals surface area contributed by atoms with Crippen LogP contribution in [-0.2, 0) is 7.05 Å². The Kier molecular flexibility index (Phi) is 5.73. The fourth-order valence-corrected chi connectivity index (χ4v) is 0.861. The number of hydrogen-bond donors (Lipinski definition) is 2. The summed E-state index contributed by atoms with van der Waals surface area (Å²) in [6.45, 7) is -0.250. The van der Waals surface area contributed by atoms with Crippen molar-refractivity contribution in [3.8, 4) is 0 Å². The summed E-state index contributed by atoms with van der Waals surface area (Å²) in [5.74, 6) is 0. The third kappa shape index (κ3) is 4.72. The molecule has 0 aliphatic heterocycles. The number of rotatable bonds is 1. The topological polar surface area (TPSA) is 62.5 Å². The number of aryl methyl sites for hydroxylation is 1. The van der Waals surface area contributed by atoms with Gasteiger partial charge in [-0.3, -0.25) is 8.75 Å². The molecular weight excluding hydrogens is 166 g/mol. The van der Waals surface area contributed by atoms with Crippen molar-refractivity contribution >= 4 is 11.5 Å². The Morgan fingerprint density at radius 1 is 1.55 bits per heavy atom. The first-order chi connectivity index (χ1) is 5.22. The van der Waals surface area contributed by atoms with Crippen LogP contribution < -0.4 is 5.56 Å². The summed E-state index contributed by atoms with van der Waals surface area (Å²) in [4.78, 5) is 10.4. The highest BCUT2D eigenvalue weighted by Crippen LogP contribution is 1.84. The molecule has 0 atom stereocenters. The lowest BCUT2D eigenvalue weighted by atomic mass is 10.7. The zero-order valence-electron chi connectivity index (χ0n) is 6.23. The van der Waals surface area contributed by atoms with Crippen LogP contribution >= 0.6 is 11.5 Å². The highest BCUT2D eigenvalue weighted by atomic mass is 32.1. The Morgan fingerprint density at radius 3 is 2.18 bits per heavy atom. The van der Waals surface area contributed by atoms with Crippen LogP contribution in [0.15, 0.2) is 16.2 Å². The highest BCUT2D eigenvalue weighted by molar-refractivity contribution is 7.04. The van der Waals surface area contributed by atoms with E-state index in [2.05, 4.69) is 0 Å². The molecule has 11 heavy (non-hydrogen) atoms. The molecule has 0 aliphatic carbocycles. The van der Waals surface area contributed by atoms with Crippen LogP contribution in [0.3, 0.4) is 0 Å². The summed E-state index contributed by atoms with van der Waals surface area (Å²) in [7, 11) is 1.74. The van der Waals surface area contributed by atoms with Crippen molar-refractivity contribution < 1.29 is 10.2 Å². The van der Waals surface area contributed by atoms with E-state index in [-0.39, 0.29) is 18.8 Å². The van der Waals surface area contributed by atoms with Gasteiger partial charge in [-0.05, 0) is 0 Å². The normalized spacial score (nSPS) is 8.64. The van der Waals surface area contributed by atoms with Gasteiger partial charge >= 0.3 is 0 Å². The van der Waals surface area contributed by atoms with Crippen LogP contribution in [0, 0.1) is 0 Å². The molecule has 1 aromatic heterocycles. The van der Waals surface area contributed by atoms with Crippen LogP contribution in [0.5, 0.6) is 0 Å². The first kappa shape index (κ1) is 10.3. The molecule has 0 spiro atoms. The third-order valence-electron chi connectivity index (χ3n) is 0.840. The molecule has 0 saturated carbocycles. The Labute approximate surface area is 68.5 Å². The standard InChI is InChI=1S/C4H5NOS.C2H6O2/c1-5-4(6)2-3-7-5;3-1-2-4/h2-3H,1H3;3-4H,1-2H2. The molecule has 4 nitrogen and oxygen atoms in total. The minimum absolute atomic E-state index is 0.0741. The summed E-state index contributed by atoms with van der Waals surface area (Å²) >= 11 is 1.41. The summed E-state index contributed by atoms with van der Waals surface area (Å²) in [5.41, 5.74) is 0.0741. The predicted octanol–water partition coefficient (Wildman–Crippen LogP) is -0.582. The van der Waals surface area contributed by atoms with Gasteiger partial charge in [-0.25, -0.2) is 0 Å². The molecule has 0 aliphatic rings. The Bertz CT molecular complexity index is 228. The van der Waals surface area contributed by atoms with Gasteiger partial charge in [-0.2, -0.15) is 0 Å². The SMILES string of the molecule is Cn1sccc1=O.OCCO. The van der Waals surface area contributed by atoms with E-state index in [1.807, 2.05) is 0 Å². The maximum atomic E-state index is 10.4. The molecule has 1 heterocycles. The van der Waals surface area contributed by atoms with Crippen LogP contribution in [-0.4, -0.2) is 27.4 Å². The zero-order chi connectivity index (χ0) is 8.69. The molecule has 1 aromatic rings. The molecule has 0 bridgehead atoms. The molecule has 1 rings (SSSR count). The molecule has 0 unspecified atom stereocenters. The molecule has 0 radical (unpaired) electrons. The molecule has 0 fully saturated rings. The van der Waals surface area contributed by atoms with E-state index in [9.17, 15) is 4.79 Å². The van der Waals surface area contributed by atoms with Gasteiger partial charge in [0.1, 0.15) is 0 Å². The largest absolute Gasteiger partial charge is 0.394 e. The quantitative estimate of drug-likeness (QED) is 0.603. The van der Waals surface area contributed by atoms with Crippen LogP contribution in [0.25, 0.3) is 0 Å². The average molecular weight is 177 g/mol. The summed E-state index contributed by atoms with van der Waals surface area (Å²) < 4.78 is 1.57. The average Bonchev–Trinajstić information content (AvgIpc) is 2.37. The molecule has 0 aromatic carbocycles. The number of aliphatic hydroxyl groups is 2. The van der Waals surface area contributed by atoms with Gasteiger partial charge in [0, 0.05) is 18.5 Å². The number of nitrogens with zero attached hydrogens (tertiary/aromatic N) is 1. The third-order valence-corrected chi connectivity index (χ3v) is 1.59. The molecule has 2 N–H and O–H groups in total. The molecule has 5 heteroatoms. The molecule has 0 amide bonds. The van der Waals surface area contributed by atoms with Gasteiger partial charge in [-0.15, -0.1) is 0 Å². The van der Waals surface area contributed by atoms with E-state index in [1.54, 1.807) is 22.5 Å². The first-order valence-corrected chi connectivity index (χ1v) is 3.88. The van der Waals surface area contributed by atoms with E-state index < -0.39 is 0 Å². The minimum atomic E-state index is -0.125. The van der Waals surface area contributed by atoms with E-state index >= 15 is 0 Å². The summed E-state index contributed by atoms with van der Waals surface area (Å²) in [6.07, 6.45) is 0. The number of hydrogen-bond acceptors (Lipinski definition) is 4. The number of aromatic nitrogens is 1. The Balaban J connectivity index is 0.000000218. The smallest absolute Gasteiger partial charge is 0.260 e. The fourth-order valence-electron chi connectivity index (χ4n) is 0.337. The van der Waals surface area contributed by atoms with Crippen LogP contribution in [0.2, 0.25) is 0 Å².